The van der Waals surface area contributed by atoms with Crippen molar-refractivity contribution in [3.05, 3.63) is 57.5 Å². The van der Waals surface area contributed by atoms with Crippen LogP contribution in [0.1, 0.15) is 24.4 Å². The summed E-state index contributed by atoms with van der Waals surface area (Å²) in [6.45, 7) is 0. The van der Waals surface area contributed by atoms with Crippen molar-refractivity contribution in [2.24, 2.45) is 5.92 Å². The molecule has 20 heavy (non-hydrogen) atoms. The summed E-state index contributed by atoms with van der Waals surface area (Å²) in [4.78, 5) is 4.12. The molecule has 0 bridgehead atoms. The number of nitrogens with one attached hydrogen (secondary N) is 1. The molecule has 1 saturated carbocycles. The number of nitrogens with zero attached hydrogens (tertiary/aromatic N) is 1. The molecule has 1 atom stereocenters. The standard InChI is InChI=1S/C15H13BrClFN2/c16-11-7-13(15(17)19-8-11)20-14(9-1-2-9)10-3-5-12(18)6-4-10/h3-9,14,20H,1-2H2. The predicted octanol–water partition coefficient (Wildman–Crippen LogP) is 5.20. The van der Waals surface area contributed by atoms with Crippen LogP contribution in [0.25, 0.3) is 0 Å². The van der Waals surface area contributed by atoms with Gasteiger partial charge in [-0.25, -0.2) is 9.37 Å². The van der Waals surface area contributed by atoms with Crippen molar-refractivity contribution in [1.29, 1.82) is 0 Å². The first-order chi connectivity index (χ1) is 9.63. The number of halogens is 3. The topological polar surface area (TPSA) is 24.9 Å². The van der Waals surface area contributed by atoms with E-state index in [0.717, 1.165) is 15.7 Å². The highest BCUT2D eigenvalue weighted by Crippen LogP contribution is 2.43. The van der Waals surface area contributed by atoms with E-state index in [1.807, 2.05) is 18.2 Å². The molecule has 3 rings (SSSR count). The highest BCUT2D eigenvalue weighted by Gasteiger charge is 2.32. The maximum atomic E-state index is 13.1. The molecule has 0 aliphatic heterocycles. The van der Waals surface area contributed by atoms with Crippen LogP contribution < -0.4 is 5.32 Å². The van der Waals surface area contributed by atoms with Crippen LogP contribution in [0.5, 0.6) is 0 Å². The van der Waals surface area contributed by atoms with Crippen LogP contribution in [0.4, 0.5) is 10.1 Å². The van der Waals surface area contributed by atoms with Gasteiger partial charge in [-0.1, -0.05) is 23.7 Å². The summed E-state index contributed by atoms with van der Waals surface area (Å²) in [7, 11) is 0. The van der Waals surface area contributed by atoms with E-state index in [1.165, 1.54) is 25.0 Å². The Balaban J connectivity index is 1.88. The molecule has 0 spiro atoms. The van der Waals surface area contributed by atoms with E-state index in [0.29, 0.717) is 11.1 Å². The molecule has 0 radical (unpaired) electrons. The summed E-state index contributed by atoms with van der Waals surface area (Å²) in [5.74, 6) is 0.348. The molecule has 1 fully saturated rings. The Hall–Kier alpha value is -1.13. The molecular weight excluding hydrogens is 343 g/mol. The molecule has 1 N–H and O–H groups in total. The summed E-state index contributed by atoms with van der Waals surface area (Å²) in [6, 6.07) is 8.69. The Morgan fingerprint density at radius 3 is 2.65 bits per heavy atom. The van der Waals surface area contributed by atoms with Gasteiger partial charge in [0.2, 0.25) is 0 Å². The Morgan fingerprint density at radius 2 is 2.00 bits per heavy atom. The molecule has 1 aliphatic carbocycles. The summed E-state index contributed by atoms with van der Waals surface area (Å²) in [5, 5.41) is 3.88. The fourth-order valence-corrected chi connectivity index (χ4v) is 2.75. The second-order valence-electron chi connectivity index (χ2n) is 5.00. The largest absolute Gasteiger partial charge is 0.375 e. The lowest BCUT2D eigenvalue weighted by molar-refractivity contribution is 0.622. The van der Waals surface area contributed by atoms with Crippen LogP contribution in [0, 0.1) is 11.7 Å². The van der Waals surface area contributed by atoms with E-state index in [9.17, 15) is 4.39 Å². The third-order valence-electron chi connectivity index (χ3n) is 3.44. The number of hydrogen-bond donors (Lipinski definition) is 1. The zero-order valence-electron chi connectivity index (χ0n) is 10.6. The normalized spacial score (nSPS) is 15.9. The van der Waals surface area contributed by atoms with E-state index in [4.69, 9.17) is 11.6 Å². The zero-order chi connectivity index (χ0) is 14.1. The second-order valence-corrected chi connectivity index (χ2v) is 6.28. The van der Waals surface area contributed by atoms with Crippen molar-refractivity contribution < 1.29 is 4.39 Å². The van der Waals surface area contributed by atoms with Gasteiger partial charge in [0.25, 0.3) is 0 Å². The number of anilines is 1. The minimum absolute atomic E-state index is 0.143. The van der Waals surface area contributed by atoms with Crippen molar-refractivity contribution in [3.8, 4) is 0 Å². The minimum atomic E-state index is -0.217. The Morgan fingerprint density at radius 1 is 1.30 bits per heavy atom. The number of hydrogen-bond acceptors (Lipinski definition) is 2. The van der Waals surface area contributed by atoms with Gasteiger partial charge in [0, 0.05) is 10.7 Å². The number of aromatic nitrogens is 1. The molecule has 1 aromatic carbocycles. The van der Waals surface area contributed by atoms with Gasteiger partial charge in [0.05, 0.1) is 11.7 Å². The summed E-state index contributed by atoms with van der Waals surface area (Å²) in [6.07, 6.45) is 4.01. The SMILES string of the molecule is Fc1ccc(C(Nc2cc(Br)cnc2Cl)C2CC2)cc1. The lowest BCUT2D eigenvalue weighted by atomic mass is 10.0. The fourth-order valence-electron chi connectivity index (χ4n) is 2.26. The van der Waals surface area contributed by atoms with Gasteiger partial charge in [0.1, 0.15) is 5.82 Å². The number of pyridine rings is 1. The lowest BCUT2D eigenvalue weighted by Crippen LogP contribution is -2.13. The van der Waals surface area contributed by atoms with Crippen molar-refractivity contribution in [2.75, 3.05) is 5.32 Å². The monoisotopic (exact) mass is 354 g/mol. The van der Waals surface area contributed by atoms with E-state index in [1.54, 1.807) is 6.20 Å². The van der Waals surface area contributed by atoms with Gasteiger partial charge in [0.15, 0.2) is 5.15 Å². The molecule has 1 heterocycles. The Bertz CT molecular complexity index is 614. The first-order valence-corrected chi connectivity index (χ1v) is 7.63. The molecule has 2 aromatic rings. The quantitative estimate of drug-likeness (QED) is 0.763. The number of benzene rings is 1. The smallest absolute Gasteiger partial charge is 0.152 e. The summed E-state index contributed by atoms with van der Waals surface area (Å²) >= 11 is 9.52. The van der Waals surface area contributed by atoms with Gasteiger partial charge in [-0.2, -0.15) is 0 Å². The van der Waals surface area contributed by atoms with Crippen LogP contribution in [0.2, 0.25) is 5.15 Å². The van der Waals surface area contributed by atoms with Crippen molar-refractivity contribution in [2.45, 2.75) is 18.9 Å². The highest BCUT2D eigenvalue weighted by atomic mass is 79.9. The molecule has 5 heteroatoms. The van der Waals surface area contributed by atoms with Crippen molar-refractivity contribution >= 4 is 33.2 Å². The molecule has 104 valence electrons. The van der Waals surface area contributed by atoms with E-state index in [2.05, 4.69) is 26.2 Å². The molecule has 1 unspecified atom stereocenters. The molecule has 2 nitrogen and oxygen atoms in total. The van der Waals surface area contributed by atoms with Crippen LogP contribution in [0.3, 0.4) is 0 Å². The molecule has 1 aromatic heterocycles. The summed E-state index contributed by atoms with van der Waals surface area (Å²) < 4.78 is 13.9. The van der Waals surface area contributed by atoms with Crippen molar-refractivity contribution in [1.82, 2.24) is 4.98 Å². The Labute approximate surface area is 130 Å². The average Bonchev–Trinajstić information content (AvgIpc) is 3.25. The first-order valence-electron chi connectivity index (χ1n) is 6.46. The van der Waals surface area contributed by atoms with Crippen LogP contribution in [-0.4, -0.2) is 4.98 Å². The van der Waals surface area contributed by atoms with E-state index < -0.39 is 0 Å². The maximum Gasteiger partial charge on any atom is 0.152 e. The second kappa shape index (κ2) is 5.70. The predicted molar refractivity (Wildman–Crippen MR) is 82.4 cm³/mol. The molecule has 1 aliphatic rings. The molecular formula is C15H13BrClFN2. The number of rotatable bonds is 4. The third kappa shape index (κ3) is 3.13. The van der Waals surface area contributed by atoms with Crippen LogP contribution in [0.15, 0.2) is 41.0 Å². The lowest BCUT2D eigenvalue weighted by Gasteiger charge is -2.20. The van der Waals surface area contributed by atoms with Gasteiger partial charge >= 0.3 is 0 Å². The fraction of sp³-hybridized carbons (Fsp3) is 0.267. The third-order valence-corrected chi connectivity index (χ3v) is 4.17. The van der Waals surface area contributed by atoms with Crippen molar-refractivity contribution in [3.63, 3.8) is 0 Å². The van der Waals surface area contributed by atoms with Crippen LogP contribution >= 0.6 is 27.5 Å². The van der Waals surface area contributed by atoms with Gasteiger partial charge < -0.3 is 5.32 Å². The van der Waals surface area contributed by atoms with E-state index in [-0.39, 0.29) is 11.9 Å². The summed E-state index contributed by atoms with van der Waals surface area (Å²) in [5.41, 5.74) is 1.87. The highest BCUT2D eigenvalue weighted by molar-refractivity contribution is 9.10. The van der Waals surface area contributed by atoms with Gasteiger partial charge in [-0.15, -0.1) is 0 Å². The average molecular weight is 356 g/mol. The van der Waals surface area contributed by atoms with Crippen LogP contribution in [-0.2, 0) is 0 Å². The van der Waals surface area contributed by atoms with Gasteiger partial charge in [-0.3, -0.25) is 0 Å². The molecule has 0 saturated heterocycles. The zero-order valence-corrected chi connectivity index (χ0v) is 13.0. The molecule has 0 amide bonds. The van der Waals surface area contributed by atoms with Gasteiger partial charge in [-0.05, 0) is 58.5 Å². The maximum absolute atomic E-state index is 13.1. The first kappa shape index (κ1) is 13.8. The Kier molecular flexibility index (Phi) is 3.94. The van der Waals surface area contributed by atoms with E-state index >= 15 is 0 Å². The minimum Gasteiger partial charge on any atom is -0.375 e.